The lowest BCUT2D eigenvalue weighted by atomic mass is 9.78. The van der Waals surface area contributed by atoms with Gasteiger partial charge in [0.05, 0.1) is 18.3 Å². The first-order valence-electron chi connectivity index (χ1n) is 8.57. The zero-order valence-corrected chi connectivity index (χ0v) is 15.2. The van der Waals surface area contributed by atoms with Gasteiger partial charge in [0.1, 0.15) is 5.75 Å². The van der Waals surface area contributed by atoms with Crippen LogP contribution in [0.1, 0.15) is 50.9 Å². The van der Waals surface area contributed by atoms with Crippen LogP contribution in [0.4, 0.5) is 0 Å². The molecule has 130 valence electrons. The average molecular weight is 331 g/mol. The summed E-state index contributed by atoms with van der Waals surface area (Å²) >= 11 is 0. The number of nitrogens with zero attached hydrogens (tertiary/aromatic N) is 1. The number of carbonyl (C=O) groups excluding carboxylic acids is 1. The van der Waals surface area contributed by atoms with Crippen molar-refractivity contribution in [1.82, 2.24) is 4.90 Å². The van der Waals surface area contributed by atoms with E-state index in [0.717, 1.165) is 31.4 Å². The van der Waals surface area contributed by atoms with Crippen molar-refractivity contribution in [2.45, 2.75) is 51.7 Å². The maximum Gasteiger partial charge on any atom is 0.494 e. The Morgan fingerprint density at radius 2 is 1.67 bits per heavy atom. The van der Waals surface area contributed by atoms with Crippen molar-refractivity contribution in [2.24, 2.45) is 0 Å². The maximum absolute atomic E-state index is 12.7. The van der Waals surface area contributed by atoms with E-state index >= 15 is 0 Å². The molecule has 2 heterocycles. The third kappa shape index (κ3) is 3.05. The van der Waals surface area contributed by atoms with Crippen LogP contribution in [-0.4, -0.2) is 49.3 Å². The summed E-state index contributed by atoms with van der Waals surface area (Å²) in [5.74, 6) is 0.689. The lowest BCUT2D eigenvalue weighted by Crippen LogP contribution is -2.41. The third-order valence-electron chi connectivity index (χ3n) is 5.33. The third-order valence-corrected chi connectivity index (χ3v) is 5.33. The summed E-state index contributed by atoms with van der Waals surface area (Å²) in [5, 5.41) is 0. The molecule has 0 spiro atoms. The van der Waals surface area contributed by atoms with Crippen molar-refractivity contribution in [1.29, 1.82) is 0 Å². The van der Waals surface area contributed by atoms with Crippen LogP contribution < -0.4 is 10.2 Å². The smallest absolute Gasteiger partial charge is 0.494 e. The van der Waals surface area contributed by atoms with E-state index in [1.165, 1.54) is 0 Å². The molecule has 1 aromatic rings. The molecule has 24 heavy (non-hydrogen) atoms. The molecule has 0 unspecified atom stereocenters. The SMILES string of the molecule is COc1cc(B2OC(C)(C)C(C)(C)O2)cc(C(=O)N2CCCC2)c1. The van der Waals surface area contributed by atoms with Gasteiger partial charge in [0.25, 0.3) is 5.91 Å². The molecule has 0 aliphatic carbocycles. The topological polar surface area (TPSA) is 48.0 Å². The summed E-state index contributed by atoms with van der Waals surface area (Å²) in [7, 11) is 1.10. The fourth-order valence-corrected chi connectivity index (χ4v) is 3.08. The van der Waals surface area contributed by atoms with Gasteiger partial charge in [-0.3, -0.25) is 4.79 Å². The molecule has 0 aromatic heterocycles. The largest absolute Gasteiger partial charge is 0.497 e. The molecule has 0 radical (unpaired) electrons. The number of methoxy groups -OCH3 is 1. The summed E-state index contributed by atoms with van der Waals surface area (Å²) in [6, 6.07) is 5.53. The molecule has 3 rings (SSSR count). The van der Waals surface area contributed by atoms with Crippen LogP contribution in [0.3, 0.4) is 0 Å². The summed E-state index contributed by atoms with van der Waals surface area (Å²) in [4.78, 5) is 14.6. The second-order valence-electron chi connectivity index (χ2n) is 7.58. The molecule has 6 heteroatoms. The Balaban J connectivity index is 1.91. The highest BCUT2D eigenvalue weighted by atomic mass is 16.7. The normalized spacial score (nSPS) is 22.0. The van der Waals surface area contributed by atoms with Crippen LogP contribution in [0.15, 0.2) is 18.2 Å². The molecule has 1 aromatic carbocycles. The summed E-state index contributed by atoms with van der Waals surface area (Å²) in [6.07, 6.45) is 2.14. The van der Waals surface area contributed by atoms with Crippen LogP contribution in [0.5, 0.6) is 5.75 Å². The monoisotopic (exact) mass is 331 g/mol. The molecule has 0 N–H and O–H groups in total. The standard InChI is InChI=1S/C18H26BNO4/c1-17(2)18(3,4)24-19(23-17)14-10-13(11-15(12-14)22-5)16(21)20-8-6-7-9-20/h10-12H,6-9H2,1-5H3. The maximum atomic E-state index is 12.7. The van der Waals surface area contributed by atoms with Gasteiger partial charge in [-0.15, -0.1) is 0 Å². The second-order valence-corrected chi connectivity index (χ2v) is 7.58. The van der Waals surface area contributed by atoms with E-state index in [2.05, 4.69) is 0 Å². The quantitative estimate of drug-likeness (QED) is 0.797. The number of ether oxygens (including phenoxy) is 1. The number of hydrogen-bond donors (Lipinski definition) is 0. The molecule has 0 bridgehead atoms. The van der Waals surface area contributed by atoms with Gasteiger partial charge in [0.15, 0.2) is 0 Å². The molecule has 2 aliphatic rings. The number of carbonyl (C=O) groups is 1. The van der Waals surface area contributed by atoms with Crippen molar-refractivity contribution in [3.63, 3.8) is 0 Å². The van der Waals surface area contributed by atoms with E-state index in [0.29, 0.717) is 11.3 Å². The Morgan fingerprint density at radius 1 is 1.08 bits per heavy atom. The van der Waals surface area contributed by atoms with E-state index in [1.54, 1.807) is 13.2 Å². The van der Waals surface area contributed by atoms with Crippen LogP contribution in [-0.2, 0) is 9.31 Å². The van der Waals surface area contributed by atoms with Crippen molar-refractivity contribution in [3.8, 4) is 5.75 Å². The van der Waals surface area contributed by atoms with Gasteiger partial charge >= 0.3 is 7.12 Å². The lowest BCUT2D eigenvalue weighted by Gasteiger charge is -2.32. The predicted octanol–water partition coefficient (Wildman–Crippen LogP) is 2.23. The fraction of sp³-hybridized carbons (Fsp3) is 0.611. The zero-order valence-electron chi connectivity index (χ0n) is 15.2. The van der Waals surface area contributed by atoms with E-state index in [1.807, 2.05) is 44.7 Å². The van der Waals surface area contributed by atoms with E-state index < -0.39 is 18.3 Å². The Hall–Kier alpha value is -1.53. The number of benzene rings is 1. The predicted molar refractivity (Wildman–Crippen MR) is 93.8 cm³/mol. The van der Waals surface area contributed by atoms with E-state index in [-0.39, 0.29) is 5.91 Å². The van der Waals surface area contributed by atoms with Gasteiger partial charge in [-0.25, -0.2) is 0 Å². The summed E-state index contributed by atoms with van der Waals surface area (Å²) < 4.78 is 17.6. The number of hydrogen-bond acceptors (Lipinski definition) is 4. The van der Waals surface area contributed by atoms with E-state index in [9.17, 15) is 4.79 Å². The molecule has 0 saturated carbocycles. The van der Waals surface area contributed by atoms with Crippen molar-refractivity contribution >= 4 is 18.5 Å². The van der Waals surface area contributed by atoms with Gasteiger partial charge in [-0.2, -0.15) is 0 Å². The summed E-state index contributed by atoms with van der Waals surface area (Å²) in [5.41, 5.74) is 0.608. The molecule has 2 aliphatic heterocycles. The Bertz CT molecular complexity index is 622. The minimum Gasteiger partial charge on any atom is -0.497 e. The molecule has 2 saturated heterocycles. The molecular formula is C18H26BNO4. The van der Waals surface area contributed by atoms with Crippen LogP contribution in [0, 0.1) is 0 Å². The average Bonchev–Trinajstić information content (AvgIpc) is 3.13. The molecule has 5 nitrogen and oxygen atoms in total. The minimum absolute atomic E-state index is 0.0455. The van der Waals surface area contributed by atoms with Gasteiger partial charge < -0.3 is 18.9 Å². The highest BCUT2D eigenvalue weighted by molar-refractivity contribution is 6.62. The number of likely N-dealkylation sites (tertiary alicyclic amines) is 1. The Morgan fingerprint density at radius 3 is 2.21 bits per heavy atom. The lowest BCUT2D eigenvalue weighted by molar-refractivity contribution is 0.00578. The number of amides is 1. The molecule has 0 atom stereocenters. The second kappa shape index (κ2) is 6.08. The molecule has 2 fully saturated rings. The Labute approximate surface area is 144 Å². The molecular weight excluding hydrogens is 305 g/mol. The Kier molecular flexibility index (Phi) is 4.38. The first-order valence-corrected chi connectivity index (χ1v) is 8.57. The van der Waals surface area contributed by atoms with E-state index in [4.69, 9.17) is 14.0 Å². The highest BCUT2D eigenvalue weighted by Crippen LogP contribution is 2.36. The zero-order chi connectivity index (χ0) is 17.5. The highest BCUT2D eigenvalue weighted by Gasteiger charge is 2.51. The van der Waals surface area contributed by atoms with Crippen molar-refractivity contribution in [3.05, 3.63) is 23.8 Å². The van der Waals surface area contributed by atoms with Gasteiger partial charge in [-0.1, -0.05) is 0 Å². The first-order chi connectivity index (χ1) is 11.2. The van der Waals surface area contributed by atoms with Crippen molar-refractivity contribution < 1.29 is 18.8 Å². The molecule has 1 amide bonds. The van der Waals surface area contributed by atoms with Gasteiger partial charge in [-0.05, 0) is 64.2 Å². The first kappa shape index (κ1) is 17.3. The van der Waals surface area contributed by atoms with Crippen LogP contribution in [0.25, 0.3) is 0 Å². The van der Waals surface area contributed by atoms with Gasteiger partial charge in [0, 0.05) is 18.7 Å². The van der Waals surface area contributed by atoms with Gasteiger partial charge in [0.2, 0.25) is 0 Å². The number of rotatable bonds is 3. The van der Waals surface area contributed by atoms with Crippen LogP contribution in [0.2, 0.25) is 0 Å². The fourth-order valence-electron chi connectivity index (χ4n) is 3.08. The summed E-state index contributed by atoms with van der Waals surface area (Å²) in [6.45, 7) is 9.71. The van der Waals surface area contributed by atoms with Crippen LogP contribution >= 0.6 is 0 Å². The minimum atomic E-state index is -0.504. The van der Waals surface area contributed by atoms with Crippen molar-refractivity contribution in [2.75, 3.05) is 20.2 Å².